The van der Waals surface area contributed by atoms with Crippen LogP contribution >= 0.6 is 27.3 Å². The van der Waals surface area contributed by atoms with Gasteiger partial charge in [0.05, 0.1) is 5.54 Å². The summed E-state index contributed by atoms with van der Waals surface area (Å²) in [6, 6.07) is 2.01. The zero-order chi connectivity index (χ0) is 12.5. The molecule has 0 atom stereocenters. The van der Waals surface area contributed by atoms with E-state index in [1.54, 1.807) is 11.3 Å². The van der Waals surface area contributed by atoms with E-state index in [0.29, 0.717) is 12.2 Å². The average molecular weight is 316 g/mol. The summed E-state index contributed by atoms with van der Waals surface area (Å²) in [6.45, 7) is 6.24. The highest BCUT2D eigenvalue weighted by Gasteiger charge is 2.35. The van der Waals surface area contributed by atoms with Gasteiger partial charge < -0.3 is 0 Å². The number of thiophene rings is 1. The molecule has 0 spiro atoms. The van der Waals surface area contributed by atoms with E-state index in [-0.39, 0.29) is 5.54 Å². The van der Waals surface area contributed by atoms with Crippen LogP contribution in [0.4, 0.5) is 0 Å². The van der Waals surface area contributed by atoms with Crippen LogP contribution in [-0.4, -0.2) is 29.3 Å². The highest BCUT2D eigenvalue weighted by Crippen LogP contribution is 2.28. The Morgan fingerprint density at radius 3 is 2.65 bits per heavy atom. The SMILES string of the molecule is CC(C)(C(=O)Cc1sccc1Br)N1CCCC1. The van der Waals surface area contributed by atoms with Gasteiger partial charge >= 0.3 is 0 Å². The predicted octanol–water partition coefficient (Wildman–Crippen LogP) is 3.50. The fraction of sp³-hybridized carbons (Fsp3) is 0.615. The second-order valence-corrected chi connectivity index (χ2v) is 6.90. The van der Waals surface area contributed by atoms with Crippen LogP contribution in [0.2, 0.25) is 0 Å². The van der Waals surface area contributed by atoms with E-state index >= 15 is 0 Å². The normalized spacial score (nSPS) is 17.6. The third kappa shape index (κ3) is 2.80. The lowest BCUT2D eigenvalue weighted by molar-refractivity contribution is -0.128. The van der Waals surface area contributed by atoms with E-state index in [1.165, 1.54) is 12.8 Å². The van der Waals surface area contributed by atoms with Crippen molar-refractivity contribution in [1.82, 2.24) is 4.90 Å². The maximum absolute atomic E-state index is 12.4. The lowest BCUT2D eigenvalue weighted by atomic mass is 9.94. The van der Waals surface area contributed by atoms with Crippen molar-refractivity contribution in [3.63, 3.8) is 0 Å². The Morgan fingerprint density at radius 1 is 1.47 bits per heavy atom. The summed E-state index contributed by atoms with van der Waals surface area (Å²) < 4.78 is 1.06. The minimum Gasteiger partial charge on any atom is -0.297 e. The second-order valence-electron chi connectivity index (χ2n) is 5.04. The Bertz CT molecular complexity index is 407. The molecule has 2 heterocycles. The van der Waals surface area contributed by atoms with Crippen molar-refractivity contribution in [2.75, 3.05) is 13.1 Å². The van der Waals surface area contributed by atoms with Crippen molar-refractivity contribution in [1.29, 1.82) is 0 Å². The first-order valence-corrected chi connectivity index (χ1v) is 7.69. The molecule has 2 nitrogen and oxygen atoms in total. The van der Waals surface area contributed by atoms with E-state index < -0.39 is 0 Å². The van der Waals surface area contributed by atoms with Gasteiger partial charge in [-0.15, -0.1) is 11.3 Å². The molecule has 4 heteroatoms. The fourth-order valence-electron chi connectivity index (χ4n) is 2.27. The maximum Gasteiger partial charge on any atom is 0.157 e. The molecular weight excluding hydrogens is 298 g/mol. The van der Waals surface area contributed by atoms with Crippen molar-refractivity contribution < 1.29 is 4.79 Å². The molecule has 1 aliphatic rings. The Kier molecular flexibility index (Phi) is 4.06. The lowest BCUT2D eigenvalue weighted by Gasteiger charge is -2.33. The smallest absolute Gasteiger partial charge is 0.157 e. The van der Waals surface area contributed by atoms with E-state index in [2.05, 4.69) is 34.7 Å². The molecule has 1 saturated heterocycles. The van der Waals surface area contributed by atoms with Gasteiger partial charge in [0, 0.05) is 15.8 Å². The van der Waals surface area contributed by atoms with Gasteiger partial charge in [-0.1, -0.05) is 0 Å². The Balaban J connectivity index is 2.06. The quantitative estimate of drug-likeness (QED) is 0.847. The molecule has 0 bridgehead atoms. The molecule has 1 aromatic rings. The topological polar surface area (TPSA) is 20.3 Å². The first kappa shape index (κ1) is 13.2. The molecule has 1 fully saturated rings. The van der Waals surface area contributed by atoms with Gasteiger partial charge in [-0.05, 0) is 67.2 Å². The predicted molar refractivity (Wildman–Crippen MR) is 75.6 cm³/mol. The van der Waals surface area contributed by atoms with Crippen LogP contribution in [0.15, 0.2) is 15.9 Å². The van der Waals surface area contributed by atoms with Crippen LogP contribution in [0, 0.1) is 0 Å². The summed E-state index contributed by atoms with van der Waals surface area (Å²) in [5.41, 5.74) is -0.320. The Morgan fingerprint density at radius 2 is 2.12 bits per heavy atom. The molecule has 0 N–H and O–H groups in total. The summed E-state index contributed by atoms with van der Waals surface area (Å²) >= 11 is 5.14. The third-order valence-electron chi connectivity index (χ3n) is 3.59. The fourth-order valence-corrected chi connectivity index (χ4v) is 3.76. The molecule has 2 rings (SSSR count). The Hall–Kier alpha value is -0.190. The number of carbonyl (C=O) groups excluding carboxylic acids is 1. The molecule has 0 aliphatic carbocycles. The van der Waals surface area contributed by atoms with Crippen molar-refractivity contribution in [2.24, 2.45) is 0 Å². The van der Waals surface area contributed by atoms with Gasteiger partial charge in [0.25, 0.3) is 0 Å². The van der Waals surface area contributed by atoms with E-state index in [1.807, 2.05) is 11.4 Å². The number of carbonyl (C=O) groups is 1. The molecule has 0 aromatic carbocycles. The average Bonchev–Trinajstić information content (AvgIpc) is 2.90. The molecule has 0 amide bonds. The van der Waals surface area contributed by atoms with Crippen LogP contribution in [0.5, 0.6) is 0 Å². The molecule has 0 unspecified atom stereocenters. The molecule has 0 saturated carbocycles. The number of nitrogens with zero attached hydrogens (tertiary/aromatic N) is 1. The van der Waals surface area contributed by atoms with Gasteiger partial charge in [0.15, 0.2) is 5.78 Å². The van der Waals surface area contributed by atoms with Crippen LogP contribution in [0.3, 0.4) is 0 Å². The zero-order valence-corrected chi connectivity index (χ0v) is 12.7. The summed E-state index contributed by atoms with van der Waals surface area (Å²) in [5.74, 6) is 0.322. The van der Waals surface area contributed by atoms with Crippen molar-refractivity contribution in [3.05, 3.63) is 20.8 Å². The zero-order valence-electron chi connectivity index (χ0n) is 10.3. The summed E-state index contributed by atoms with van der Waals surface area (Å²) in [4.78, 5) is 15.9. The lowest BCUT2D eigenvalue weighted by Crippen LogP contribution is -2.49. The minimum atomic E-state index is -0.320. The van der Waals surface area contributed by atoms with Crippen molar-refractivity contribution in [3.8, 4) is 0 Å². The molecule has 0 radical (unpaired) electrons. The van der Waals surface area contributed by atoms with Gasteiger partial charge in [-0.2, -0.15) is 0 Å². The van der Waals surface area contributed by atoms with Crippen LogP contribution < -0.4 is 0 Å². The van der Waals surface area contributed by atoms with E-state index in [4.69, 9.17) is 0 Å². The van der Waals surface area contributed by atoms with Crippen molar-refractivity contribution in [2.45, 2.75) is 38.6 Å². The summed E-state index contributed by atoms with van der Waals surface area (Å²) in [7, 11) is 0. The highest BCUT2D eigenvalue weighted by atomic mass is 79.9. The van der Waals surface area contributed by atoms with Gasteiger partial charge in [0.2, 0.25) is 0 Å². The third-order valence-corrected chi connectivity index (χ3v) is 5.52. The molecule has 94 valence electrons. The maximum atomic E-state index is 12.4. The largest absolute Gasteiger partial charge is 0.297 e. The van der Waals surface area contributed by atoms with Gasteiger partial charge in [0.1, 0.15) is 0 Å². The number of likely N-dealkylation sites (tertiary alicyclic amines) is 1. The van der Waals surface area contributed by atoms with Gasteiger partial charge in [-0.3, -0.25) is 9.69 Å². The second kappa shape index (κ2) is 5.21. The number of Topliss-reactive ketones (excluding diaryl/α,β-unsaturated/α-hetero) is 1. The van der Waals surface area contributed by atoms with Gasteiger partial charge in [-0.25, -0.2) is 0 Å². The van der Waals surface area contributed by atoms with Crippen LogP contribution in [0.25, 0.3) is 0 Å². The van der Waals surface area contributed by atoms with Crippen molar-refractivity contribution >= 4 is 33.0 Å². The van der Waals surface area contributed by atoms with Crippen LogP contribution in [0.1, 0.15) is 31.6 Å². The number of ketones is 1. The monoisotopic (exact) mass is 315 g/mol. The number of hydrogen-bond donors (Lipinski definition) is 0. The Labute approximate surface area is 115 Å². The molecular formula is C13H18BrNOS. The number of halogens is 1. The molecule has 17 heavy (non-hydrogen) atoms. The standard InChI is InChI=1S/C13H18BrNOS/c1-13(2,15-6-3-4-7-15)12(16)9-11-10(14)5-8-17-11/h5,8H,3-4,6-7,9H2,1-2H3. The number of hydrogen-bond acceptors (Lipinski definition) is 3. The highest BCUT2D eigenvalue weighted by molar-refractivity contribution is 9.10. The minimum absolute atomic E-state index is 0.320. The molecule has 1 aliphatic heterocycles. The van der Waals surface area contributed by atoms with Crippen LogP contribution in [-0.2, 0) is 11.2 Å². The van der Waals surface area contributed by atoms with E-state index in [0.717, 1.165) is 22.4 Å². The van der Waals surface area contributed by atoms with E-state index in [9.17, 15) is 4.79 Å². The first-order chi connectivity index (χ1) is 8.01. The summed E-state index contributed by atoms with van der Waals surface area (Å²) in [5, 5.41) is 2.02. The number of rotatable bonds is 4. The first-order valence-electron chi connectivity index (χ1n) is 6.02. The molecule has 1 aromatic heterocycles. The summed E-state index contributed by atoms with van der Waals surface area (Å²) in [6.07, 6.45) is 2.99.